The van der Waals surface area contributed by atoms with Gasteiger partial charge in [-0.3, -0.25) is 10.2 Å². The van der Waals surface area contributed by atoms with Crippen LogP contribution in [0.4, 0.5) is 4.39 Å². The summed E-state index contributed by atoms with van der Waals surface area (Å²) in [5.41, 5.74) is 5.70. The molecular formula is C23H25FN6O2. The molecule has 0 aliphatic carbocycles. The Morgan fingerprint density at radius 1 is 1.16 bits per heavy atom. The molecule has 32 heavy (non-hydrogen) atoms. The number of ether oxygens (including phenoxy) is 1. The highest BCUT2D eigenvalue weighted by atomic mass is 19.1. The van der Waals surface area contributed by atoms with Crippen molar-refractivity contribution in [2.24, 2.45) is 5.10 Å². The van der Waals surface area contributed by atoms with E-state index in [4.69, 9.17) is 9.72 Å². The third-order valence-corrected chi connectivity index (χ3v) is 4.82. The van der Waals surface area contributed by atoms with Gasteiger partial charge in [-0.15, -0.1) is 0 Å². The fourth-order valence-electron chi connectivity index (χ4n) is 3.30. The Morgan fingerprint density at radius 2 is 1.97 bits per heavy atom. The maximum atomic E-state index is 13.4. The number of amides is 1. The number of fused-ring (bicyclic) bond motifs is 1. The largest absolute Gasteiger partial charge is 0.473 e. The van der Waals surface area contributed by atoms with Gasteiger partial charge in [0.15, 0.2) is 0 Å². The molecule has 1 aliphatic rings. The number of carbonyl (C=O) groups excluding carboxylic acids is 1. The third kappa shape index (κ3) is 5.11. The Bertz CT molecular complexity index is 1150. The van der Waals surface area contributed by atoms with E-state index in [-0.39, 0.29) is 17.8 Å². The normalized spacial score (nSPS) is 12.9. The lowest BCUT2D eigenvalue weighted by atomic mass is 10.1. The van der Waals surface area contributed by atoms with E-state index < -0.39 is 0 Å². The molecule has 2 heterocycles. The summed E-state index contributed by atoms with van der Waals surface area (Å²) in [4.78, 5) is 21.9. The number of nitrogens with zero attached hydrogens (tertiary/aromatic N) is 3. The summed E-state index contributed by atoms with van der Waals surface area (Å²) in [5.74, 6) is 0.751. The van der Waals surface area contributed by atoms with Gasteiger partial charge in [0, 0.05) is 24.1 Å². The molecule has 8 nitrogen and oxygen atoms in total. The highest BCUT2D eigenvalue weighted by Gasteiger charge is 2.16. The summed E-state index contributed by atoms with van der Waals surface area (Å²) < 4.78 is 19.3. The maximum Gasteiger partial charge on any atom is 0.251 e. The zero-order chi connectivity index (χ0) is 22.5. The fourth-order valence-corrected chi connectivity index (χ4v) is 3.30. The SMILES string of the molecule is CC(C)Oc1nc2ccc(C(=O)NCCCC3=NNCN3)cc2nc1-c1ccc(F)cc1. The number of halogens is 1. The van der Waals surface area contributed by atoms with Gasteiger partial charge in [0.2, 0.25) is 5.88 Å². The monoisotopic (exact) mass is 436 g/mol. The first-order valence-electron chi connectivity index (χ1n) is 10.6. The van der Waals surface area contributed by atoms with E-state index >= 15 is 0 Å². The topological polar surface area (TPSA) is 101 Å². The summed E-state index contributed by atoms with van der Waals surface area (Å²) in [5, 5.41) is 10.1. The average molecular weight is 436 g/mol. The molecule has 3 N–H and O–H groups in total. The summed E-state index contributed by atoms with van der Waals surface area (Å²) >= 11 is 0. The van der Waals surface area contributed by atoms with E-state index in [1.54, 1.807) is 30.3 Å². The zero-order valence-corrected chi connectivity index (χ0v) is 18.0. The fraction of sp³-hybridized carbons (Fsp3) is 0.304. The van der Waals surface area contributed by atoms with E-state index in [9.17, 15) is 9.18 Å². The smallest absolute Gasteiger partial charge is 0.251 e. The summed E-state index contributed by atoms with van der Waals surface area (Å²) in [6.07, 6.45) is 1.43. The van der Waals surface area contributed by atoms with Gasteiger partial charge in [-0.2, -0.15) is 5.10 Å². The van der Waals surface area contributed by atoms with Crippen LogP contribution in [0.3, 0.4) is 0 Å². The number of rotatable bonds is 8. The number of hydrazone groups is 1. The molecule has 0 unspecified atom stereocenters. The van der Waals surface area contributed by atoms with Crippen LogP contribution in [-0.2, 0) is 0 Å². The van der Waals surface area contributed by atoms with Crippen molar-refractivity contribution >= 4 is 22.8 Å². The maximum absolute atomic E-state index is 13.4. The van der Waals surface area contributed by atoms with Gasteiger partial charge >= 0.3 is 0 Å². The van der Waals surface area contributed by atoms with Crippen molar-refractivity contribution in [3.05, 3.63) is 53.8 Å². The lowest BCUT2D eigenvalue weighted by Gasteiger charge is -2.14. The molecular weight excluding hydrogens is 411 g/mol. The highest BCUT2D eigenvalue weighted by molar-refractivity contribution is 5.97. The van der Waals surface area contributed by atoms with Gasteiger partial charge in [0.25, 0.3) is 5.91 Å². The molecule has 0 saturated heterocycles. The zero-order valence-electron chi connectivity index (χ0n) is 18.0. The second-order valence-electron chi connectivity index (χ2n) is 7.68. The Morgan fingerprint density at radius 3 is 2.69 bits per heavy atom. The molecule has 9 heteroatoms. The van der Waals surface area contributed by atoms with Crippen molar-refractivity contribution in [2.45, 2.75) is 32.8 Å². The molecule has 0 bridgehead atoms. The predicted molar refractivity (Wildman–Crippen MR) is 121 cm³/mol. The number of benzene rings is 2. The molecule has 0 spiro atoms. The van der Waals surface area contributed by atoms with Crippen LogP contribution in [0.2, 0.25) is 0 Å². The number of aromatic nitrogens is 2. The molecule has 0 atom stereocenters. The molecule has 1 amide bonds. The van der Waals surface area contributed by atoms with Crippen molar-refractivity contribution in [3.63, 3.8) is 0 Å². The molecule has 0 fully saturated rings. The van der Waals surface area contributed by atoms with Crippen molar-refractivity contribution in [1.82, 2.24) is 26.0 Å². The van der Waals surface area contributed by atoms with Crippen molar-refractivity contribution in [3.8, 4) is 17.1 Å². The van der Waals surface area contributed by atoms with Crippen LogP contribution in [0, 0.1) is 5.82 Å². The molecule has 3 aromatic rings. The lowest BCUT2D eigenvalue weighted by Crippen LogP contribution is -2.26. The van der Waals surface area contributed by atoms with E-state index in [2.05, 4.69) is 26.1 Å². The van der Waals surface area contributed by atoms with E-state index in [1.165, 1.54) is 12.1 Å². The van der Waals surface area contributed by atoms with Gasteiger partial charge in [0.1, 0.15) is 24.0 Å². The number of nitrogens with one attached hydrogen (secondary N) is 3. The molecule has 1 aliphatic heterocycles. The van der Waals surface area contributed by atoms with E-state index in [0.29, 0.717) is 46.9 Å². The summed E-state index contributed by atoms with van der Waals surface area (Å²) in [6, 6.07) is 11.2. The minimum absolute atomic E-state index is 0.104. The quantitative estimate of drug-likeness (QED) is 0.469. The van der Waals surface area contributed by atoms with Crippen molar-refractivity contribution in [2.75, 3.05) is 13.2 Å². The first kappa shape index (κ1) is 21.5. The molecule has 2 aromatic carbocycles. The van der Waals surface area contributed by atoms with Crippen LogP contribution in [0.5, 0.6) is 5.88 Å². The Labute approximate surface area is 185 Å². The van der Waals surface area contributed by atoms with Crippen LogP contribution in [0.1, 0.15) is 37.0 Å². The first-order chi connectivity index (χ1) is 15.5. The van der Waals surface area contributed by atoms with E-state index in [0.717, 1.165) is 18.7 Å². The standard InChI is InChI=1S/C23H25FN6O2/c1-14(2)32-23-21(15-5-8-17(24)9-6-15)28-19-12-16(7-10-18(19)29-23)22(31)25-11-3-4-20-26-13-27-30-20/h5-10,12,14,27H,3-4,11,13H2,1-2H3,(H,25,31)(H,26,30). The van der Waals surface area contributed by atoms with Crippen LogP contribution in [0.25, 0.3) is 22.3 Å². The minimum Gasteiger partial charge on any atom is -0.473 e. The molecule has 0 radical (unpaired) electrons. The molecule has 1 aromatic heterocycles. The number of hydrogen-bond donors (Lipinski definition) is 3. The summed E-state index contributed by atoms with van der Waals surface area (Å²) in [6.45, 7) is 4.98. The number of hydrogen-bond acceptors (Lipinski definition) is 7. The van der Waals surface area contributed by atoms with Gasteiger partial charge < -0.3 is 15.4 Å². The number of amidine groups is 1. The Hall–Kier alpha value is -3.75. The van der Waals surface area contributed by atoms with Crippen LogP contribution >= 0.6 is 0 Å². The van der Waals surface area contributed by atoms with Crippen molar-refractivity contribution in [1.29, 1.82) is 0 Å². The molecule has 0 saturated carbocycles. The highest BCUT2D eigenvalue weighted by Crippen LogP contribution is 2.30. The molecule has 166 valence electrons. The second-order valence-corrected chi connectivity index (χ2v) is 7.68. The van der Waals surface area contributed by atoms with Gasteiger partial charge in [-0.25, -0.2) is 14.4 Å². The Kier molecular flexibility index (Phi) is 6.44. The van der Waals surface area contributed by atoms with Crippen LogP contribution in [-0.4, -0.2) is 41.0 Å². The summed E-state index contributed by atoms with van der Waals surface area (Å²) in [7, 11) is 0. The van der Waals surface area contributed by atoms with Crippen LogP contribution in [0.15, 0.2) is 47.6 Å². The second kappa shape index (κ2) is 9.59. The minimum atomic E-state index is -0.333. The number of carbonyl (C=O) groups is 1. The lowest BCUT2D eigenvalue weighted by molar-refractivity contribution is 0.0953. The van der Waals surface area contributed by atoms with Gasteiger partial charge in [-0.1, -0.05) is 0 Å². The van der Waals surface area contributed by atoms with Gasteiger partial charge in [0.05, 0.1) is 17.1 Å². The van der Waals surface area contributed by atoms with E-state index in [1.807, 2.05) is 13.8 Å². The van der Waals surface area contributed by atoms with Crippen molar-refractivity contribution < 1.29 is 13.9 Å². The van der Waals surface area contributed by atoms with Crippen LogP contribution < -0.4 is 20.8 Å². The first-order valence-corrected chi connectivity index (χ1v) is 10.6. The van der Waals surface area contributed by atoms with Gasteiger partial charge in [-0.05, 0) is 62.7 Å². The predicted octanol–water partition coefficient (Wildman–Crippen LogP) is 3.20. The third-order valence-electron chi connectivity index (χ3n) is 4.82. The molecule has 4 rings (SSSR count). The Balaban J connectivity index is 1.55. The average Bonchev–Trinajstić information content (AvgIpc) is 3.29.